The Bertz CT molecular complexity index is 520. The van der Waals surface area contributed by atoms with E-state index in [4.69, 9.17) is 0 Å². The van der Waals surface area contributed by atoms with Crippen molar-refractivity contribution in [3.63, 3.8) is 0 Å². The normalized spacial score (nSPS) is 16.2. The number of carbonyl (C=O) groups is 1. The van der Waals surface area contributed by atoms with Crippen LogP contribution < -0.4 is 16.2 Å². The molecule has 2 rings (SSSR count). The van der Waals surface area contributed by atoms with Gasteiger partial charge in [-0.15, -0.1) is 0 Å². The summed E-state index contributed by atoms with van der Waals surface area (Å²) in [6.45, 7) is 5.66. The van der Waals surface area contributed by atoms with Gasteiger partial charge in [0.2, 0.25) is 5.91 Å². The Morgan fingerprint density at radius 2 is 2.11 bits per heavy atom. The lowest BCUT2D eigenvalue weighted by atomic mass is 10.2. The molecule has 1 amide bonds. The number of anilines is 1. The minimum Gasteiger partial charge on any atom is -0.358 e. The van der Waals surface area contributed by atoms with Crippen LogP contribution >= 0.6 is 0 Å². The standard InChI is InChI=1S/C13H20N4O2/c1-7(2)12-16-10(6-11(18)17-12)14-8(3)13(19)15-9-4-5-9/h6-9H,4-5H2,1-3H3,(H,15,19)(H2,14,16,17,18). The molecule has 1 atom stereocenters. The summed E-state index contributed by atoms with van der Waals surface area (Å²) in [6, 6.07) is 1.29. The van der Waals surface area contributed by atoms with E-state index in [2.05, 4.69) is 20.6 Å². The van der Waals surface area contributed by atoms with Gasteiger partial charge in [0.1, 0.15) is 17.7 Å². The molecule has 0 saturated heterocycles. The number of hydrogen-bond donors (Lipinski definition) is 3. The van der Waals surface area contributed by atoms with Crippen molar-refractivity contribution < 1.29 is 4.79 Å². The topological polar surface area (TPSA) is 86.9 Å². The maximum absolute atomic E-state index is 11.8. The molecule has 1 unspecified atom stereocenters. The largest absolute Gasteiger partial charge is 0.358 e. The van der Waals surface area contributed by atoms with Gasteiger partial charge in [0, 0.05) is 18.0 Å². The predicted molar refractivity (Wildman–Crippen MR) is 73.2 cm³/mol. The lowest BCUT2D eigenvalue weighted by Gasteiger charge is -2.15. The summed E-state index contributed by atoms with van der Waals surface area (Å²) < 4.78 is 0. The zero-order chi connectivity index (χ0) is 14.0. The van der Waals surface area contributed by atoms with E-state index >= 15 is 0 Å². The van der Waals surface area contributed by atoms with Crippen molar-refractivity contribution >= 4 is 11.7 Å². The maximum atomic E-state index is 11.8. The molecule has 1 fully saturated rings. The Hall–Kier alpha value is -1.85. The lowest BCUT2D eigenvalue weighted by Crippen LogP contribution is -2.39. The highest BCUT2D eigenvalue weighted by molar-refractivity contribution is 5.84. The fourth-order valence-corrected chi connectivity index (χ4v) is 1.67. The summed E-state index contributed by atoms with van der Waals surface area (Å²) in [4.78, 5) is 30.3. The summed E-state index contributed by atoms with van der Waals surface area (Å²) in [5.74, 6) is 1.12. The fourth-order valence-electron chi connectivity index (χ4n) is 1.67. The van der Waals surface area contributed by atoms with E-state index in [0.29, 0.717) is 17.7 Å². The van der Waals surface area contributed by atoms with Crippen LogP contribution in [0.2, 0.25) is 0 Å². The highest BCUT2D eigenvalue weighted by Gasteiger charge is 2.25. The summed E-state index contributed by atoms with van der Waals surface area (Å²) in [6.07, 6.45) is 2.11. The molecule has 3 N–H and O–H groups in total. The first-order chi connectivity index (χ1) is 8.95. The molecule has 0 spiro atoms. The number of carbonyl (C=O) groups excluding carboxylic acids is 1. The average Bonchev–Trinajstić information content (AvgIpc) is 3.11. The van der Waals surface area contributed by atoms with Gasteiger partial charge in [0.05, 0.1) is 0 Å². The monoisotopic (exact) mass is 264 g/mol. The molecular formula is C13H20N4O2. The first kappa shape index (κ1) is 13.6. The van der Waals surface area contributed by atoms with E-state index in [1.165, 1.54) is 6.07 Å². The Morgan fingerprint density at radius 3 is 2.68 bits per heavy atom. The van der Waals surface area contributed by atoms with Crippen LogP contribution in [0.4, 0.5) is 5.82 Å². The molecule has 1 saturated carbocycles. The van der Waals surface area contributed by atoms with Crippen LogP contribution in [0.3, 0.4) is 0 Å². The second kappa shape index (κ2) is 5.42. The van der Waals surface area contributed by atoms with Crippen LogP contribution in [-0.4, -0.2) is 28.0 Å². The minimum atomic E-state index is -0.407. The summed E-state index contributed by atoms with van der Waals surface area (Å²) >= 11 is 0. The van der Waals surface area contributed by atoms with E-state index in [9.17, 15) is 9.59 Å². The smallest absolute Gasteiger partial charge is 0.252 e. The molecule has 1 aliphatic carbocycles. The number of hydrogen-bond acceptors (Lipinski definition) is 4. The van der Waals surface area contributed by atoms with E-state index < -0.39 is 6.04 Å². The van der Waals surface area contributed by atoms with Gasteiger partial charge in [-0.05, 0) is 19.8 Å². The average molecular weight is 264 g/mol. The van der Waals surface area contributed by atoms with Crippen LogP contribution in [-0.2, 0) is 4.79 Å². The molecule has 1 aliphatic rings. The number of amides is 1. The first-order valence-corrected chi connectivity index (χ1v) is 6.64. The summed E-state index contributed by atoms with van der Waals surface area (Å²) in [7, 11) is 0. The van der Waals surface area contributed by atoms with Crippen LogP contribution in [0.15, 0.2) is 10.9 Å². The van der Waals surface area contributed by atoms with E-state index in [1.807, 2.05) is 13.8 Å². The molecular weight excluding hydrogens is 244 g/mol. The van der Waals surface area contributed by atoms with E-state index in [-0.39, 0.29) is 17.4 Å². The number of nitrogens with one attached hydrogen (secondary N) is 3. The third kappa shape index (κ3) is 3.81. The molecule has 104 valence electrons. The zero-order valence-electron chi connectivity index (χ0n) is 11.5. The highest BCUT2D eigenvalue weighted by atomic mass is 16.2. The Kier molecular flexibility index (Phi) is 3.87. The second-order valence-corrected chi connectivity index (χ2v) is 5.32. The summed E-state index contributed by atoms with van der Waals surface area (Å²) in [5, 5.41) is 5.88. The van der Waals surface area contributed by atoms with E-state index in [0.717, 1.165) is 12.8 Å². The van der Waals surface area contributed by atoms with Crippen molar-refractivity contribution in [1.29, 1.82) is 0 Å². The SMILES string of the molecule is CC(Nc1cc(=O)[nH]c(C(C)C)n1)C(=O)NC1CC1. The first-order valence-electron chi connectivity index (χ1n) is 6.64. The summed E-state index contributed by atoms with van der Waals surface area (Å²) in [5.41, 5.74) is -0.212. The third-order valence-corrected chi connectivity index (χ3v) is 2.99. The molecule has 6 nitrogen and oxygen atoms in total. The number of aromatic amines is 1. The van der Waals surface area contributed by atoms with Crippen molar-refractivity contribution in [1.82, 2.24) is 15.3 Å². The molecule has 0 aromatic carbocycles. The van der Waals surface area contributed by atoms with Gasteiger partial charge in [-0.25, -0.2) is 4.98 Å². The zero-order valence-corrected chi connectivity index (χ0v) is 11.5. The van der Waals surface area contributed by atoms with Crippen LogP contribution in [0.5, 0.6) is 0 Å². The quantitative estimate of drug-likeness (QED) is 0.739. The van der Waals surface area contributed by atoms with Gasteiger partial charge < -0.3 is 15.6 Å². The number of H-pyrrole nitrogens is 1. The van der Waals surface area contributed by atoms with Gasteiger partial charge in [-0.3, -0.25) is 9.59 Å². The van der Waals surface area contributed by atoms with Gasteiger partial charge in [-0.1, -0.05) is 13.8 Å². The van der Waals surface area contributed by atoms with Crippen LogP contribution in [0, 0.1) is 0 Å². The van der Waals surface area contributed by atoms with Crippen molar-refractivity contribution in [3.05, 3.63) is 22.2 Å². The third-order valence-electron chi connectivity index (χ3n) is 2.99. The molecule has 19 heavy (non-hydrogen) atoms. The molecule has 1 aromatic rings. The van der Waals surface area contributed by atoms with Crippen molar-refractivity contribution in [2.75, 3.05) is 5.32 Å². The van der Waals surface area contributed by atoms with Gasteiger partial charge in [-0.2, -0.15) is 0 Å². The predicted octanol–water partition coefficient (Wildman–Crippen LogP) is 0.972. The molecule has 1 aromatic heterocycles. The fraction of sp³-hybridized carbons (Fsp3) is 0.615. The highest BCUT2D eigenvalue weighted by Crippen LogP contribution is 2.18. The van der Waals surface area contributed by atoms with Crippen molar-refractivity contribution in [3.8, 4) is 0 Å². The maximum Gasteiger partial charge on any atom is 0.252 e. The van der Waals surface area contributed by atoms with Gasteiger partial charge >= 0.3 is 0 Å². The number of rotatable bonds is 5. The van der Waals surface area contributed by atoms with Crippen molar-refractivity contribution in [2.45, 2.75) is 51.6 Å². The Labute approximate surface area is 112 Å². The Balaban J connectivity index is 2.04. The van der Waals surface area contributed by atoms with Crippen LogP contribution in [0.25, 0.3) is 0 Å². The molecule has 1 heterocycles. The van der Waals surface area contributed by atoms with Crippen molar-refractivity contribution in [2.24, 2.45) is 0 Å². The minimum absolute atomic E-state index is 0.0596. The lowest BCUT2D eigenvalue weighted by molar-refractivity contribution is -0.121. The second-order valence-electron chi connectivity index (χ2n) is 5.32. The number of aromatic nitrogens is 2. The molecule has 0 aliphatic heterocycles. The number of nitrogens with zero attached hydrogens (tertiary/aromatic N) is 1. The molecule has 0 bridgehead atoms. The van der Waals surface area contributed by atoms with Gasteiger partial charge in [0.25, 0.3) is 5.56 Å². The Morgan fingerprint density at radius 1 is 1.42 bits per heavy atom. The molecule has 6 heteroatoms. The van der Waals surface area contributed by atoms with Gasteiger partial charge in [0.15, 0.2) is 0 Å². The molecule has 0 radical (unpaired) electrons. The van der Waals surface area contributed by atoms with E-state index in [1.54, 1.807) is 6.92 Å². The van der Waals surface area contributed by atoms with Crippen LogP contribution in [0.1, 0.15) is 45.4 Å².